The summed E-state index contributed by atoms with van der Waals surface area (Å²) in [5, 5.41) is 13.7. The third kappa shape index (κ3) is 4.76. The van der Waals surface area contributed by atoms with Gasteiger partial charge >= 0.3 is 0 Å². The van der Waals surface area contributed by atoms with E-state index >= 15 is 0 Å². The number of thioether (sulfide) groups is 1. The molecule has 8 nitrogen and oxygen atoms in total. The Bertz CT molecular complexity index is 1480. The van der Waals surface area contributed by atoms with E-state index in [0.29, 0.717) is 20.6 Å². The first-order valence-electron chi connectivity index (χ1n) is 10.8. The third-order valence-electron chi connectivity index (χ3n) is 5.46. The van der Waals surface area contributed by atoms with E-state index in [4.69, 9.17) is 16.6 Å². The molecular weight excluding hydrogens is 484 g/mol. The van der Waals surface area contributed by atoms with Crippen LogP contribution in [0.5, 0.6) is 0 Å². The van der Waals surface area contributed by atoms with Gasteiger partial charge in [-0.2, -0.15) is 0 Å². The molecule has 0 aliphatic carbocycles. The van der Waals surface area contributed by atoms with Crippen LogP contribution in [0, 0.1) is 0 Å². The molecular formula is C25H20N4O4S2. The van der Waals surface area contributed by atoms with Gasteiger partial charge in [-0.15, -0.1) is 0 Å². The van der Waals surface area contributed by atoms with Gasteiger partial charge in [0.25, 0.3) is 11.5 Å². The van der Waals surface area contributed by atoms with E-state index in [1.54, 1.807) is 36.5 Å². The first-order valence-corrected chi connectivity index (χ1v) is 12.0. The number of aliphatic hydroxyl groups is 1. The van der Waals surface area contributed by atoms with E-state index in [-0.39, 0.29) is 35.9 Å². The molecule has 1 fully saturated rings. The first-order chi connectivity index (χ1) is 17.0. The Hall–Kier alpha value is -3.73. The predicted octanol–water partition coefficient (Wildman–Crippen LogP) is 3.83. The summed E-state index contributed by atoms with van der Waals surface area (Å²) < 4.78 is 7.13. The number of benzene rings is 1. The zero-order valence-electron chi connectivity index (χ0n) is 18.3. The summed E-state index contributed by atoms with van der Waals surface area (Å²) in [4.78, 5) is 32.8. The molecule has 1 aliphatic heterocycles. The summed E-state index contributed by atoms with van der Waals surface area (Å²) in [6.45, 7) is 0.331. The number of thiocarbonyl (C=S) groups is 1. The molecule has 0 spiro atoms. The molecule has 1 aromatic carbocycles. The third-order valence-corrected chi connectivity index (χ3v) is 6.84. The van der Waals surface area contributed by atoms with Crippen molar-refractivity contribution in [2.24, 2.45) is 0 Å². The highest BCUT2D eigenvalue weighted by molar-refractivity contribution is 8.26. The van der Waals surface area contributed by atoms with Crippen LogP contribution in [0.1, 0.15) is 23.0 Å². The highest BCUT2D eigenvalue weighted by Crippen LogP contribution is 2.34. The minimum atomic E-state index is -0.813. The number of amides is 1. The molecule has 35 heavy (non-hydrogen) atoms. The Labute approximate surface area is 209 Å². The van der Waals surface area contributed by atoms with Gasteiger partial charge in [0.05, 0.1) is 29.4 Å². The highest BCUT2D eigenvalue weighted by Gasteiger charge is 2.33. The Morgan fingerprint density at radius 3 is 2.69 bits per heavy atom. The van der Waals surface area contributed by atoms with Gasteiger partial charge in [0.2, 0.25) is 0 Å². The Kier molecular flexibility index (Phi) is 6.49. The van der Waals surface area contributed by atoms with Crippen molar-refractivity contribution in [2.75, 3.05) is 11.9 Å². The van der Waals surface area contributed by atoms with E-state index < -0.39 is 6.10 Å². The molecule has 0 saturated carbocycles. The van der Waals surface area contributed by atoms with Gasteiger partial charge in [-0.1, -0.05) is 60.4 Å². The minimum Gasteiger partial charge on any atom is -0.467 e. The average molecular weight is 505 g/mol. The summed E-state index contributed by atoms with van der Waals surface area (Å²) in [7, 11) is 0. The van der Waals surface area contributed by atoms with Gasteiger partial charge in [-0.05, 0) is 35.9 Å². The number of rotatable bonds is 7. The maximum absolute atomic E-state index is 13.4. The zero-order chi connectivity index (χ0) is 24.4. The number of aromatic nitrogens is 2. The van der Waals surface area contributed by atoms with Crippen molar-refractivity contribution in [1.82, 2.24) is 14.3 Å². The predicted molar refractivity (Wildman–Crippen MR) is 139 cm³/mol. The average Bonchev–Trinajstić information content (AvgIpc) is 3.49. The SMILES string of the molecule is O=C1/C(=C/c2c(NC[C@H](O)c3ccccc3)nc3ccccn3c2=O)SC(=S)N1Cc1ccco1. The maximum atomic E-state index is 13.4. The van der Waals surface area contributed by atoms with E-state index in [1.165, 1.54) is 21.6 Å². The van der Waals surface area contributed by atoms with E-state index in [2.05, 4.69) is 10.3 Å². The van der Waals surface area contributed by atoms with Crippen molar-refractivity contribution in [3.8, 4) is 0 Å². The lowest BCUT2D eigenvalue weighted by Gasteiger charge is -2.15. The van der Waals surface area contributed by atoms with Crippen LogP contribution in [0.25, 0.3) is 11.7 Å². The largest absolute Gasteiger partial charge is 0.467 e. The first kappa shape index (κ1) is 23.0. The van der Waals surface area contributed by atoms with Gasteiger partial charge in [0, 0.05) is 12.7 Å². The molecule has 0 bridgehead atoms. The molecule has 0 radical (unpaired) electrons. The van der Waals surface area contributed by atoms with Crippen molar-refractivity contribution in [2.45, 2.75) is 12.6 Å². The highest BCUT2D eigenvalue weighted by atomic mass is 32.2. The molecule has 3 aromatic heterocycles. The number of nitrogens with one attached hydrogen (secondary N) is 1. The van der Waals surface area contributed by atoms with Crippen LogP contribution in [0.15, 0.2) is 87.2 Å². The zero-order valence-corrected chi connectivity index (χ0v) is 20.0. The fourth-order valence-corrected chi connectivity index (χ4v) is 4.92. The van der Waals surface area contributed by atoms with Crippen LogP contribution in [0.4, 0.5) is 5.82 Å². The number of nitrogens with zero attached hydrogens (tertiary/aromatic N) is 3. The second kappa shape index (κ2) is 9.87. The minimum absolute atomic E-state index is 0.125. The van der Waals surface area contributed by atoms with Crippen molar-refractivity contribution >= 4 is 51.7 Å². The molecule has 0 unspecified atom stereocenters. The number of carbonyl (C=O) groups is 1. The van der Waals surface area contributed by atoms with Crippen molar-refractivity contribution < 1.29 is 14.3 Å². The summed E-state index contributed by atoms with van der Waals surface area (Å²) in [6, 6.07) is 17.9. The lowest BCUT2D eigenvalue weighted by Crippen LogP contribution is -2.27. The second-order valence-electron chi connectivity index (χ2n) is 7.76. The van der Waals surface area contributed by atoms with Gasteiger partial charge in [0.15, 0.2) is 0 Å². The van der Waals surface area contributed by atoms with Crippen molar-refractivity contribution in [1.29, 1.82) is 0 Å². The number of pyridine rings is 1. The Morgan fingerprint density at radius 2 is 1.91 bits per heavy atom. The molecule has 10 heteroatoms. The smallest absolute Gasteiger partial charge is 0.267 e. The quantitative estimate of drug-likeness (QED) is 0.289. The van der Waals surface area contributed by atoms with E-state index in [1.807, 2.05) is 30.3 Å². The van der Waals surface area contributed by atoms with Crippen LogP contribution in [-0.2, 0) is 11.3 Å². The van der Waals surface area contributed by atoms with Gasteiger partial charge in [-0.25, -0.2) is 4.98 Å². The van der Waals surface area contributed by atoms with Crippen molar-refractivity contribution in [3.05, 3.63) is 105 Å². The molecule has 1 atom stereocenters. The number of fused-ring (bicyclic) bond motifs is 1. The fraction of sp³-hybridized carbons (Fsp3) is 0.120. The maximum Gasteiger partial charge on any atom is 0.267 e. The normalized spacial score (nSPS) is 15.8. The number of hydrogen-bond donors (Lipinski definition) is 2. The van der Waals surface area contributed by atoms with Crippen LogP contribution < -0.4 is 10.9 Å². The molecule has 176 valence electrons. The lowest BCUT2D eigenvalue weighted by molar-refractivity contribution is -0.122. The molecule has 1 amide bonds. The summed E-state index contributed by atoms with van der Waals surface area (Å²) in [5.74, 6) is 0.559. The molecule has 4 heterocycles. The summed E-state index contributed by atoms with van der Waals surface area (Å²) >= 11 is 6.52. The van der Waals surface area contributed by atoms with Gasteiger partial charge in [0.1, 0.15) is 21.5 Å². The van der Waals surface area contributed by atoms with Gasteiger partial charge < -0.3 is 14.8 Å². The summed E-state index contributed by atoms with van der Waals surface area (Å²) in [5.41, 5.74) is 1.03. The molecule has 1 saturated heterocycles. The topological polar surface area (TPSA) is 100 Å². The Balaban J connectivity index is 1.49. The van der Waals surface area contributed by atoms with E-state index in [0.717, 1.165) is 17.3 Å². The fourth-order valence-electron chi connectivity index (χ4n) is 3.68. The monoisotopic (exact) mass is 504 g/mol. The summed E-state index contributed by atoms with van der Waals surface area (Å²) in [6.07, 6.45) is 3.85. The van der Waals surface area contributed by atoms with Crippen LogP contribution in [-0.4, -0.2) is 36.2 Å². The molecule has 4 aromatic rings. The molecule has 2 N–H and O–H groups in total. The van der Waals surface area contributed by atoms with Crippen LogP contribution >= 0.6 is 24.0 Å². The van der Waals surface area contributed by atoms with Gasteiger partial charge in [-0.3, -0.25) is 18.9 Å². The molecule has 1 aliphatic rings. The van der Waals surface area contributed by atoms with Crippen LogP contribution in [0.3, 0.4) is 0 Å². The Morgan fingerprint density at radius 1 is 1.11 bits per heavy atom. The standard InChI is InChI=1S/C25H20N4O4S2/c30-19(16-7-2-1-3-8-16)14-26-22-18(23(31)28-11-5-4-10-21(28)27-22)13-20-24(32)29(25(34)35-20)15-17-9-6-12-33-17/h1-13,19,26,30H,14-15H2/b20-13-/t19-/m0/s1. The number of hydrogen-bond acceptors (Lipinski definition) is 8. The number of anilines is 1. The van der Waals surface area contributed by atoms with Crippen molar-refractivity contribution in [3.63, 3.8) is 0 Å². The second-order valence-corrected chi connectivity index (χ2v) is 9.44. The van der Waals surface area contributed by atoms with Crippen LogP contribution in [0.2, 0.25) is 0 Å². The number of furan rings is 1. The number of aliphatic hydroxyl groups excluding tert-OH is 1. The van der Waals surface area contributed by atoms with E-state index in [9.17, 15) is 14.7 Å². The molecule has 5 rings (SSSR count). The number of carbonyl (C=O) groups excluding carboxylic acids is 1. The lowest BCUT2D eigenvalue weighted by atomic mass is 10.1.